The Morgan fingerprint density at radius 1 is 1.26 bits per heavy atom. The zero-order chi connectivity index (χ0) is 14.4. The normalized spacial score (nSPS) is 10.7. The zero-order valence-electron chi connectivity index (χ0n) is 10.7. The van der Waals surface area contributed by atoms with Crippen LogP contribution in [0.3, 0.4) is 0 Å². The lowest BCUT2D eigenvalue weighted by molar-refractivity contribution is -0.142. The van der Waals surface area contributed by atoms with E-state index in [0.29, 0.717) is 6.07 Å². The maximum Gasteiger partial charge on any atom is 0.309 e. The lowest BCUT2D eigenvalue weighted by Crippen LogP contribution is -2.02. The Morgan fingerprint density at radius 3 is 2.53 bits per heavy atom. The molecule has 0 unspecified atom stereocenters. The van der Waals surface area contributed by atoms with E-state index in [1.807, 2.05) is 0 Å². The fourth-order valence-electron chi connectivity index (χ4n) is 1.47. The van der Waals surface area contributed by atoms with Gasteiger partial charge in [0.25, 0.3) is 0 Å². The number of hydrogen-bond donors (Lipinski definition) is 0. The Balaban J connectivity index is 2.89. The average Bonchev–Trinajstić information content (AvgIpc) is 2.31. The van der Waals surface area contributed by atoms with Crippen molar-refractivity contribution in [2.24, 2.45) is 0 Å². The predicted octanol–water partition coefficient (Wildman–Crippen LogP) is 3.13. The smallest absolute Gasteiger partial charge is 0.309 e. The molecule has 0 saturated heterocycles. The number of benzene rings is 1. The number of Topliss-reactive ketones (excluding diaryl/α,β-unsaturated/α-hetero) is 1. The summed E-state index contributed by atoms with van der Waals surface area (Å²) in [6.07, 6.45) is 2.70. The van der Waals surface area contributed by atoms with Crippen LogP contribution in [0, 0.1) is 11.6 Å². The summed E-state index contributed by atoms with van der Waals surface area (Å²) in [5.74, 6) is -2.61. The van der Waals surface area contributed by atoms with E-state index in [-0.39, 0.29) is 24.2 Å². The van der Waals surface area contributed by atoms with Gasteiger partial charge in [0.05, 0.1) is 18.6 Å². The Kier molecular flexibility index (Phi) is 5.36. The maximum atomic E-state index is 13.4. The highest BCUT2D eigenvalue weighted by molar-refractivity contribution is 5.95. The fourth-order valence-corrected chi connectivity index (χ4v) is 1.47. The second-order valence-corrected chi connectivity index (χ2v) is 3.82. The molecule has 0 spiro atoms. The van der Waals surface area contributed by atoms with E-state index in [2.05, 4.69) is 0 Å². The second kappa shape index (κ2) is 6.78. The quantitative estimate of drug-likeness (QED) is 0.608. The molecule has 0 amide bonds. The molecule has 0 radical (unpaired) electrons. The van der Waals surface area contributed by atoms with Crippen molar-refractivity contribution in [2.75, 3.05) is 6.61 Å². The molecule has 0 heterocycles. The van der Waals surface area contributed by atoms with Crippen LogP contribution < -0.4 is 0 Å². The molecule has 5 heteroatoms. The summed E-state index contributed by atoms with van der Waals surface area (Å²) < 4.78 is 31.4. The highest BCUT2D eigenvalue weighted by Crippen LogP contribution is 2.17. The first kappa shape index (κ1) is 15.0. The lowest BCUT2D eigenvalue weighted by atomic mass is 10.1. The molecule has 0 bridgehead atoms. The molecule has 0 aliphatic rings. The molecule has 0 aromatic heterocycles. The summed E-state index contributed by atoms with van der Waals surface area (Å²) in [6, 6.07) is 1.77. The molecule has 0 N–H and O–H groups in total. The summed E-state index contributed by atoms with van der Waals surface area (Å²) in [4.78, 5) is 22.2. The Bertz CT molecular complexity index is 522. The van der Waals surface area contributed by atoms with E-state index >= 15 is 0 Å². The number of hydrogen-bond acceptors (Lipinski definition) is 3. The third kappa shape index (κ3) is 4.28. The molecule has 1 aromatic rings. The molecular weight excluding hydrogens is 254 g/mol. The lowest BCUT2D eigenvalue weighted by Gasteiger charge is -2.03. The maximum absolute atomic E-state index is 13.4. The monoisotopic (exact) mass is 268 g/mol. The molecule has 0 aliphatic carbocycles. The van der Waals surface area contributed by atoms with Crippen LogP contribution >= 0.6 is 0 Å². The molecule has 3 nitrogen and oxygen atoms in total. The van der Waals surface area contributed by atoms with Gasteiger partial charge in [0.2, 0.25) is 0 Å². The summed E-state index contributed by atoms with van der Waals surface area (Å²) in [5.41, 5.74) is -0.131. The van der Waals surface area contributed by atoms with E-state index in [1.165, 1.54) is 19.1 Å². The highest BCUT2D eigenvalue weighted by Gasteiger charge is 2.11. The first-order chi connectivity index (χ1) is 8.95. The van der Waals surface area contributed by atoms with Gasteiger partial charge in [-0.3, -0.25) is 9.59 Å². The third-order valence-corrected chi connectivity index (χ3v) is 2.35. The topological polar surface area (TPSA) is 43.4 Å². The van der Waals surface area contributed by atoms with Crippen LogP contribution in [0.2, 0.25) is 0 Å². The molecule has 1 rings (SSSR count). The van der Waals surface area contributed by atoms with E-state index in [1.54, 1.807) is 6.92 Å². The number of carbonyl (C=O) groups is 2. The van der Waals surface area contributed by atoms with Gasteiger partial charge < -0.3 is 4.74 Å². The van der Waals surface area contributed by atoms with Crippen molar-refractivity contribution in [2.45, 2.75) is 20.3 Å². The van der Waals surface area contributed by atoms with Crippen molar-refractivity contribution in [1.82, 2.24) is 0 Å². The standard InChI is InChI=1S/C14H14F2O3/c1-3-19-14(18)6-4-5-10-7-11(9(2)17)13(16)8-12(10)15/h4-5,7-8H,3,6H2,1-2H3. The number of ether oxygens (including phenoxy) is 1. The average molecular weight is 268 g/mol. The molecule has 102 valence electrons. The van der Waals surface area contributed by atoms with Gasteiger partial charge >= 0.3 is 5.97 Å². The van der Waals surface area contributed by atoms with Crippen LogP contribution in [0.4, 0.5) is 8.78 Å². The minimum atomic E-state index is -0.896. The van der Waals surface area contributed by atoms with Crippen LogP contribution in [0.15, 0.2) is 18.2 Å². The summed E-state index contributed by atoms with van der Waals surface area (Å²) in [5, 5.41) is 0. The van der Waals surface area contributed by atoms with Crippen molar-refractivity contribution in [3.63, 3.8) is 0 Å². The van der Waals surface area contributed by atoms with Gasteiger partial charge in [0.15, 0.2) is 5.78 Å². The molecule has 19 heavy (non-hydrogen) atoms. The molecular formula is C14H14F2O3. The first-order valence-electron chi connectivity index (χ1n) is 5.77. The van der Waals surface area contributed by atoms with Crippen LogP contribution in [0.5, 0.6) is 0 Å². The van der Waals surface area contributed by atoms with Gasteiger partial charge in [-0.25, -0.2) is 8.78 Å². The predicted molar refractivity (Wildman–Crippen MR) is 66.6 cm³/mol. The van der Waals surface area contributed by atoms with Gasteiger partial charge in [-0.05, 0) is 19.9 Å². The summed E-state index contributed by atoms with van der Waals surface area (Å²) in [7, 11) is 0. The molecule has 0 fully saturated rings. The van der Waals surface area contributed by atoms with Crippen LogP contribution in [0.25, 0.3) is 6.08 Å². The van der Waals surface area contributed by atoms with Crippen molar-refractivity contribution >= 4 is 17.8 Å². The SMILES string of the molecule is CCOC(=O)CC=Cc1cc(C(C)=O)c(F)cc1F. The van der Waals surface area contributed by atoms with E-state index in [9.17, 15) is 18.4 Å². The Morgan fingerprint density at radius 2 is 1.95 bits per heavy atom. The van der Waals surface area contributed by atoms with Gasteiger partial charge in [-0.15, -0.1) is 0 Å². The second-order valence-electron chi connectivity index (χ2n) is 3.82. The minimum Gasteiger partial charge on any atom is -0.466 e. The van der Waals surface area contributed by atoms with Gasteiger partial charge in [-0.1, -0.05) is 12.2 Å². The summed E-state index contributed by atoms with van der Waals surface area (Å²) >= 11 is 0. The largest absolute Gasteiger partial charge is 0.466 e. The van der Waals surface area contributed by atoms with Crippen LogP contribution in [-0.4, -0.2) is 18.4 Å². The van der Waals surface area contributed by atoms with E-state index in [4.69, 9.17) is 4.74 Å². The van der Waals surface area contributed by atoms with Crippen LogP contribution in [-0.2, 0) is 9.53 Å². The van der Waals surface area contributed by atoms with Crippen LogP contribution in [0.1, 0.15) is 36.2 Å². The van der Waals surface area contributed by atoms with Gasteiger partial charge in [-0.2, -0.15) is 0 Å². The third-order valence-electron chi connectivity index (χ3n) is 2.35. The molecule has 0 aliphatic heterocycles. The number of esters is 1. The minimum absolute atomic E-state index is 0.0138. The van der Waals surface area contributed by atoms with Gasteiger partial charge in [0.1, 0.15) is 11.6 Å². The Hall–Kier alpha value is -2.04. The zero-order valence-corrected chi connectivity index (χ0v) is 10.7. The van der Waals surface area contributed by atoms with Crippen molar-refractivity contribution in [3.05, 3.63) is 41.0 Å². The molecule has 0 atom stereocenters. The summed E-state index contributed by atoms with van der Waals surface area (Å²) in [6.45, 7) is 3.15. The van der Waals surface area contributed by atoms with Crippen molar-refractivity contribution in [1.29, 1.82) is 0 Å². The van der Waals surface area contributed by atoms with E-state index in [0.717, 1.165) is 6.07 Å². The fraction of sp³-hybridized carbons (Fsp3) is 0.286. The van der Waals surface area contributed by atoms with E-state index < -0.39 is 23.4 Å². The van der Waals surface area contributed by atoms with Gasteiger partial charge in [0, 0.05) is 11.6 Å². The number of rotatable bonds is 5. The molecule has 1 aromatic carbocycles. The molecule has 0 saturated carbocycles. The Labute approximate surface area is 109 Å². The number of carbonyl (C=O) groups excluding carboxylic acids is 2. The number of ketones is 1. The highest BCUT2D eigenvalue weighted by atomic mass is 19.1. The number of halogens is 2. The van der Waals surface area contributed by atoms with Crippen molar-refractivity contribution < 1.29 is 23.1 Å². The van der Waals surface area contributed by atoms with Crippen molar-refractivity contribution in [3.8, 4) is 0 Å². The first-order valence-corrected chi connectivity index (χ1v) is 5.77.